The van der Waals surface area contributed by atoms with Gasteiger partial charge in [-0.3, -0.25) is 0 Å². The van der Waals surface area contributed by atoms with Crippen molar-refractivity contribution in [2.75, 3.05) is 7.11 Å². The predicted molar refractivity (Wildman–Crippen MR) is 97.0 cm³/mol. The van der Waals surface area contributed by atoms with Gasteiger partial charge >= 0.3 is 5.97 Å². The van der Waals surface area contributed by atoms with E-state index in [1.807, 2.05) is 49.4 Å². The van der Waals surface area contributed by atoms with E-state index in [0.717, 1.165) is 28.0 Å². The summed E-state index contributed by atoms with van der Waals surface area (Å²) >= 11 is 0. The Kier molecular flexibility index (Phi) is 6.19. The zero-order chi connectivity index (χ0) is 17.5. The summed E-state index contributed by atoms with van der Waals surface area (Å²) in [4.78, 5) is 11.6. The lowest BCUT2D eigenvalue weighted by Gasteiger charge is -2.18. The van der Waals surface area contributed by atoms with Crippen LogP contribution in [0.1, 0.15) is 43.4 Å². The van der Waals surface area contributed by atoms with Gasteiger partial charge in [0.2, 0.25) is 0 Å². The number of benzene rings is 2. The Morgan fingerprint density at radius 3 is 2.42 bits per heavy atom. The maximum Gasteiger partial charge on any atom is 0.330 e. The Morgan fingerprint density at radius 1 is 1.08 bits per heavy atom. The lowest BCUT2D eigenvalue weighted by Crippen LogP contribution is -2.03. The number of methoxy groups -OCH3 is 1. The Labute approximate surface area is 143 Å². The van der Waals surface area contributed by atoms with Crippen molar-refractivity contribution in [3.8, 4) is 5.75 Å². The Hall–Kier alpha value is -2.55. The molecule has 0 saturated carbocycles. The average molecular weight is 324 g/mol. The SMILES string of the molecule is COC(=O)/C=C(\C)c1cccc(C(C)C)c1OCc1ccccc1. The number of rotatable bonds is 6. The highest BCUT2D eigenvalue weighted by Gasteiger charge is 2.15. The molecule has 0 bridgehead atoms. The highest BCUT2D eigenvalue weighted by Crippen LogP contribution is 2.34. The summed E-state index contributed by atoms with van der Waals surface area (Å²) in [7, 11) is 1.38. The molecular weight excluding hydrogens is 300 g/mol. The Bertz CT molecular complexity index is 715. The van der Waals surface area contributed by atoms with Crippen molar-refractivity contribution < 1.29 is 14.3 Å². The number of carbonyl (C=O) groups is 1. The standard InChI is InChI=1S/C21H24O3/c1-15(2)18-11-8-12-19(16(3)13-20(22)23-4)21(18)24-14-17-9-6-5-7-10-17/h5-13,15H,14H2,1-4H3/b16-13+. The molecule has 0 aliphatic rings. The van der Waals surface area contributed by atoms with Crippen LogP contribution in [0.2, 0.25) is 0 Å². The fourth-order valence-corrected chi connectivity index (χ4v) is 2.52. The molecule has 0 amide bonds. The van der Waals surface area contributed by atoms with Gasteiger partial charge in [0, 0.05) is 11.6 Å². The van der Waals surface area contributed by atoms with E-state index < -0.39 is 0 Å². The topological polar surface area (TPSA) is 35.5 Å². The van der Waals surface area contributed by atoms with Gasteiger partial charge in [0.05, 0.1) is 7.11 Å². The zero-order valence-electron chi connectivity index (χ0n) is 14.7. The average Bonchev–Trinajstić information content (AvgIpc) is 2.60. The normalized spacial score (nSPS) is 11.5. The van der Waals surface area contributed by atoms with Crippen molar-refractivity contribution in [2.45, 2.75) is 33.3 Å². The van der Waals surface area contributed by atoms with Crippen LogP contribution in [0.25, 0.3) is 5.57 Å². The Balaban J connectivity index is 2.38. The van der Waals surface area contributed by atoms with E-state index in [9.17, 15) is 4.79 Å². The van der Waals surface area contributed by atoms with Crippen molar-refractivity contribution in [3.63, 3.8) is 0 Å². The van der Waals surface area contributed by atoms with Crippen molar-refractivity contribution in [1.82, 2.24) is 0 Å². The Morgan fingerprint density at radius 2 is 1.79 bits per heavy atom. The second-order valence-corrected chi connectivity index (χ2v) is 6.00. The van der Waals surface area contributed by atoms with Gasteiger partial charge in [0.15, 0.2) is 0 Å². The number of esters is 1. The molecule has 0 aliphatic carbocycles. The molecule has 0 spiro atoms. The second kappa shape index (κ2) is 8.34. The van der Waals surface area contributed by atoms with E-state index in [1.54, 1.807) is 0 Å². The molecule has 0 heterocycles. The van der Waals surface area contributed by atoms with E-state index in [-0.39, 0.29) is 5.97 Å². The molecule has 0 unspecified atom stereocenters. The van der Waals surface area contributed by atoms with Gasteiger partial charge in [0.1, 0.15) is 12.4 Å². The maximum absolute atomic E-state index is 11.6. The summed E-state index contributed by atoms with van der Waals surface area (Å²) in [5.41, 5.74) is 3.98. The molecule has 126 valence electrons. The smallest absolute Gasteiger partial charge is 0.330 e. The molecule has 24 heavy (non-hydrogen) atoms. The lowest BCUT2D eigenvalue weighted by molar-refractivity contribution is -0.134. The third-order valence-electron chi connectivity index (χ3n) is 3.85. The summed E-state index contributed by atoms with van der Waals surface area (Å²) < 4.78 is 10.9. The number of ether oxygens (including phenoxy) is 2. The summed E-state index contributed by atoms with van der Waals surface area (Å²) in [5, 5.41) is 0. The second-order valence-electron chi connectivity index (χ2n) is 6.00. The van der Waals surface area contributed by atoms with Gasteiger partial charge in [-0.25, -0.2) is 4.79 Å². The molecule has 0 atom stereocenters. The third kappa shape index (κ3) is 4.48. The van der Waals surface area contributed by atoms with Gasteiger partial charge in [-0.05, 0) is 29.5 Å². The first kappa shape index (κ1) is 17.8. The van der Waals surface area contributed by atoms with Crippen LogP contribution < -0.4 is 4.74 Å². The van der Waals surface area contributed by atoms with Crippen LogP contribution in [0.15, 0.2) is 54.6 Å². The number of carbonyl (C=O) groups excluding carboxylic acids is 1. The first-order valence-electron chi connectivity index (χ1n) is 8.09. The molecule has 0 fully saturated rings. The van der Waals surface area contributed by atoms with Crippen LogP contribution in [0.3, 0.4) is 0 Å². The van der Waals surface area contributed by atoms with E-state index >= 15 is 0 Å². The summed E-state index contributed by atoms with van der Waals surface area (Å²) in [6.45, 7) is 6.65. The van der Waals surface area contributed by atoms with Crippen molar-refractivity contribution in [1.29, 1.82) is 0 Å². The van der Waals surface area contributed by atoms with Gasteiger partial charge in [0.25, 0.3) is 0 Å². The number of hydrogen-bond acceptors (Lipinski definition) is 3. The van der Waals surface area contributed by atoms with E-state index in [1.165, 1.54) is 13.2 Å². The van der Waals surface area contributed by atoms with Crippen molar-refractivity contribution in [2.24, 2.45) is 0 Å². The number of para-hydroxylation sites is 1. The minimum Gasteiger partial charge on any atom is -0.488 e. The highest BCUT2D eigenvalue weighted by atomic mass is 16.5. The molecule has 2 aromatic rings. The maximum atomic E-state index is 11.6. The van der Waals surface area contributed by atoms with Crippen LogP contribution in [-0.4, -0.2) is 13.1 Å². The molecule has 0 radical (unpaired) electrons. The lowest BCUT2D eigenvalue weighted by atomic mass is 9.96. The van der Waals surface area contributed by atoms with E-state index in [0.29, 0.717) is 12.5 Å². The van der Waals surface area contributed by atoms with Crippen molar-refractivity contribution >= 4 is 11.5 Å². The van der Waals surface area contributed by atoms with Crippen molar-refractivity contribution in [3.05, 3.63) is 71.3 Å². The van der Waals surface area contributed by atoms with Crippen LogP contribution in [0, 0.1) is 0 Å². The van der Waals surface area contributed by atoms with Crippen LogP contribution in [0.5, 0.6) is 5.75 Å². The molecule has 2 aromatic carbocycles. The van der Waals surface area contributed by atoms with Gasteiger partial charge in [-0.2, -0.15) is 0 Å². The molecule has 3 nitrogen and oxygen atoms in total. The molecule has 2 rings (SSSR count). The summed E-state index contributed by atoms with van der Waals surface area (Å²) in [6, 6.07) is 16.1. The first-order chi connectivity index (χ1) is 11.5. The molecule has 3 heteroatoms. The molecule has 0 aromatic heterocycles. The van der Waals surface area contributed by atoms with E-state index in [2.05, 4.69) is 19.9 Å². The minimum atomic E-state index is -0.364. The predicted octanol–water partition coefficient (Wildman–Crippen LogP) is 4.97. The monoisotopic (exact) mass is 324 g/mol. The quantitative estimate of drug-likeness (QED) is 0.556. The van der Waals surface area contributed by atoms with Gasteiger partial charge < -0.3 is 9.47 Å². The fourth-order valence-electron chi connectivity index (χ4n) is 2.52. The summed E-state index contributed by atoms with van der Waals surface area (Å²) in [5.74, 6) is 0.784. The largest absolute Gasteiger partial charge is 0.488 e. The molecule has 0 saturated heterocycles. The number of allylic oxidation sites excluding steroid dienone is 1. The fraction of sp³-hybridized carbons (Fsp3) is 0.286. The van der Waals surface area contributed by atoms with Crippen LogP contribution >= 0.6 is 0 Å². The number of hydrogen-bond donors (Lipinski definition) is 0. The van der Waals surface area contributed by atoms with Gasteiger partial charge in [-0.1, -0.05) is 62.4 Å². The zero-order valence-corrected chi connectivity index (χ0v) is 14.7. The molecule has 0 N–H and O–H groups in total. The first-order valence-corrected chi connectivity index (χ1v) is 8.09. The van der Waals surface area contributed by atoms with Crippen LogP contribution in [-0.2, 0) is 16.1 Å². The van der Waals surface area contributed by atoms with Gasteiger partial charge in [-0.15, -0.1) is 0 Å². The molecular formula is C21H24O3. The minimum absolute atomic E-state index is 0.321. The summed E-state index contributed by atoms with van der Waals surface area (Å²) in [6.07, 6.45) is 1.49. The highest BCUT2D eigenvalue weighted by molar-refractivity contribution is 5.91. The van der Waals surface area contributed by atoms with Crippen LogP contribution in [0.4, 0.5) is 0 Å². The van der Waals surface area contributed by atoms with E-state index in [4.69, 9.17) is 9.47 Å². The third-order valence-corrected chi connectivity index (χ3v) is 3.85. The molecule has 0 aliphatic heterocycles.